The minimum absolute atomic E-state index is 0.00933. The molecule has 1 aromatic rings. The molecular weight excluding hydrogens is 416 g/mol. The number of ether oxygens (including phenoxy) is 4. The number of hydrogen-bond acceptors (Lipinski definition) is 8. The Morgan fingerprint density at radius 1 is 0.562 bits per heavy atom. The summed E-state index contributed by atoms with van der Waals surface area (Å²) in [7, 11) is 0. The van der Waals surface area contributed by atoms with E-state index >= 15 is 0 Å². The fraction of sp³-hybridized carbons (Fsp3) is 0.583. The molecule has 0 bridgehead atoms. The third kappa shape index (κ3) is 6.31. The largest absolute Gasteiger partial charge is 0.462 e. The Morgan fingerprint density at radius 3 is 1.34 bits per heavy atom. The number of carbonyl (C=O) groups excluding carboxylic acids is 4. The Labute approximate surface area is 189 Å². The lowest BCUT2D eigenvalue weighted by Gasteiger charge is -2.22. The van der Waals surface area contributed by atoms with Crippen LogP contribution in [0, 0.1) is 6.92 Å². The summed E-state index contributed by atoms with van der Waals surface area (Å²) in [5.41, 5.74) is 0.0603. The third-order valence-corrected chi connectivity index (χ3v) is 4.83. The predicted octanol–water partition coefficient (Wildman–Crippen LogP) is 4.43. The molecule has 0 saturated carbocycles. The van der Waals surface area contributed by atoms with Crippen LogP contribution in [0.4, 0.5) is 0 Å². The van der Waals surface area contributed by atoms with Crippen LogP contribution in [-0.2, 0) is 25.4 Å². The molecule has 0 fully saturated rings. The van der Waals surface area contributed by atoms with Gasteiger partial charge in [0.25, 0.3) is 0 Å². The summed E-state index contributed by atoms with van der Waals surface area (Å²) in [4.78, 5) is 52.0. The first kappa shape index (κ1) is 27.1. The van der Waals surface area contributed by atoms with E-state index in [2.05, 4.69) is 0 Å². The van der Waals surface area contributed by atoms with Crippen molar-refractivity contribution in [3.63, 3.8) is 0 Å². The zero-order valence-corrected chi connectivity index (χ0v) is 19.9. The van der Waals surface area contributed by atoms with Gasteiger partial charge in [0.15, 0.2) is 0 Å². The van der Waals surface area contributed by atoms with E-state index in [0.717, 1.165) is 12.8 Å². The zero-order chi connectivity index (χ0) is 24.3. The molecule has 8 nitrogen and oxygen atoms in total. The van der Waals surface area contributed by atoms with E-state index in [0.29, 0.717) is 24.0 Å². The third-order valence-electron chi connectivity index (χ3n) is 4.83. The Balaban J connectivity index is 4.12. The molecule has 0 aromatic heterocycles. The highest BCUT2D eigenvalue weighted by Gasteiger charge is 2.37. The van der Waals surface area contributed by atoms with Gasteiger partial charge in [0.2, 0.25) is 0 Å². The van der Waals surface area contributed by atoms with Crippen LogP contribution in [0.15, 0.2) is 0 Å². The average molecular weight is 451 g/mol. The molecule has 0 aliphatic heterocycles. The minimum Gasteiger partial charge on any atom is -0.462 e. The lowest BCUT2D eigenvalue weighted by molar-refractivity contribution is 0.0442. The maximum absolute atomic E-state index is 13.0. The van der Waals surface area contributed by atoms with Crippen LogP contribution in [0.5, 0.6) is 0 Å². The van der Waals surface area contributed by atoms with Gasteiger partial charge in [0.1, 0.15) is 0 Å². The molecule has 178 valence electrons. The van der Waals surface area contributed by atoms with Gasteiger partial charge in [-0.25, -0.2) is 19.2 Å². The van der Waals surface area contributed by atoms with Gasteiger partial charge in [-0.05, 0) is 58.6 Å². The number of esters is 4. The summed E-state index contributed by atoms with van der Waals surface area (Å²) in [6, 6.07) is 0. The summed E-state index contributed by atoms with van der Waals surface area (Å²) in [5.74, 6) is -3.34. The van der Waals surface area contributed by atoms with E-state index in [1.165, 1.54) is 0 Å². The number of hydrogen-bond donors (Lipinski definition) is 0. The van der Waals surface area contributed by atoms with Crippen LogP contribution in [0.25, 0.3) is 0 Å². The molecule has 0 aliphatic rings. The van der Waals surface area contributed by atoms with Gasteiger partial charge < -0.3 is 18.9 Å². The van der Waals surface area contributed by atoms with Gasteiger partial charge in [-0.2, -0.15) is 0 Å². The highest BCUT2D eigenvalue weighted by molar-refractivity contribution is 6.16. The summed E-state index contributed by atoms with van der Waals surface area (Å²) in [5, 5.41) is 0. The van der Waals surface area contributed by atoms with Crippen LogP contribution < -0.4 is 0 Å². The summed E-state index contributed by atoms with van der Waals surface area (Å²) in [6.07, 6.45) is 2.94. The molecule has 1 aromatic carbocycles. The predicted molar refractivity (Wildman–Crippen MR) is 118 cm³/mol. The monoisotopic (exact) mass is 450 g/mol. The fourth-order valence-corrected chi connectivity index (χ4v) is 3.49. The minimum atomic E-state index is -0.910. The smallest absolute Gasteiger partial charge is 0.339 e. The van der Waals surface area contributed by atoms with Gasteiger partial charge >= 0.3 is 23.9 Å². The van der Waals surface area contributed by atoms with Crippen LogP contribution in [-0.4, -0.2) is 50.3 Å². The molecule has 0 atom stereocenters. The van der Waals surface area contributed by atoms with Gasteiger partial charge in [0.05, 0.1) is 48.7 Å². The van der Waals surface area contributed by atoms with Crippen molar-refractivity contribution in [2.45, 2.75) is 67.2 Å². The molecule has 0 spiro atoms. The van der Waals surface area contributed by atoms with E-state index in [-0.39, 0.29) is 48.7 Å². The maximum atomic E-state index is 13.0. The first-order valence-corrected chi connectivity index (χ1v) is 11.2. The molecule has 8 heteroatoms. The van der Waals surface area contributed by atoms with Crippen LogP contribution >= 0.6 is 0 Å². The highest BCUT2D eigenvalue weighted by Crippen LogP contribution is 2.32. The second-order valence-corrected chi connectivity index (χ2v) is 6.94. The Bertz CT molecular complexity index is 841. The SMILES string of the molecule is CCCCCc1c(C)c(C(=O)OCC)c(C(=O)OCC)c(C(=O)OCC)c1C(=O)OCC. The highest BCUT2D eigenvalue weighted by atomic mass is 16.5. The van der Waals surface area contributed by atoms with Crippen LogP contribution in [0.2, 0.25) is 0 Å². The molecule has 0 saturated heterocycles. The van der Waals surface area contributed by atoms with Crippen LogP contribution in [0.3, 0.4) is 0 Å². The van der Waals surface area contributed by atoms with Crippen molar-refractivity contribution in [1.29, 1.82) is 0 Å². The Kier molecular flexibility index (Phi) is 11.4. The van der Waals surface area contributed by atoms with Crippen molar-refractivity contribution in [3.05, 3.63) is 33.4 Å². The normalized spacial score (nSPS) is 10.4. The number of rotatable bonds is 12. The molecule has 0 unspecified atom stereocenters. The molecule has 0 amide bonds. The second kappa shape index (κ2) is 13.5. The molecule has 32 heavy (non-hydrogen) atoms. The fourth-order valence-electron chi connectivity index (χ4n) is 3.49. The van der Waals surface area contributed by atoms with Crippen LogP contribution in [0.1, 0.15) is 106 Å². The van der Waals surface area contributed by atoms with Crippen molar-refractivity contribution in [2.75, 3.05) is 26.4 Å². The first-order valence-electron chi connectivity index (χ1n) is 11.2. The molecule has 0 N–H and O–H groups in total. The molecule has 0 aliphatic carbocycles. The van der Waals surface area contributed by atoms with E-state index < -0.39 is 23.9 Å². The summed E-state index contributed by atoms with van der Waals surface area (Å²) < 4.78 is 20.7. The number of carbonyl (C=O) groups is 4. The van der Waals surface area contributed by atoms with Crippen molar-refractivity contribution >= 4 is 23.9 Å². The van der Waals surface area contributed by atoms with Crippen molar-refractivity contribution in [3.8, 4) is 0 Å². The molecule has 1 rings (SSSR count). The maximum Gasteiger partial charge on any atom is 0.339 e. The number of benzene rings is 1. The average Bonchev–Trinajstić information content (AvgIpc) is 2.74. The van der Waals surface area contributed by atoms with E-state index in [4.69, 9.17) is 18.9 Å². The van der Waals surface area contributed by atoms with Crippen molar-refractivity contribution < 1.29 is 38.1 Å². The molecule has 0 heterocycles. The summed E-state index contributed by atoms with van der Waals surface area (Å²) in [6.45, 7) is 10.3. The van der Waals surface area contributed by atoms with Gasteiger partial charge in [-0.3, -0.25) is 0 Å². The van der Waals surface area contributed by atoms with Gasteiger partial charge in [-0.1, -0.05) is 19.8 Å². The van der Waals surface area contributed by atoms with Gasteiger partial charge in [0, 0.05) is 0 Å². The first-order chi connectivity index (χ1) is 15.3. The lowest BCUT2D eigenvalue weighted by atomic mass is 9.84. The van der Waals surface area contributed by atoms with E-state index in [1.54, 1.807) is 34.6 Å². The van der Waals surface area contributed by atoms with E-state index in [9.17, 15) is 19.2 Å². The standard InChI is InChI=1S/C24H34O8/c1-7-12-13-14-16-15(6)17(21(25)29-8-2)19(23(27)31-10-4)20(24(28)32-11-5)18(16)22(26)30-9-3/h7-14H2,1-6H3. The lowest BCUT2D eigenvalue weighted by Crippen LogP contribution is -2.27. The van der Waals surface area contributed by atoms with Gasteiger partial charge in [-0.15, -0.1) is 0 Å². The van der Waals surface area contributed by atoms with E-state index in [1.807, 2.05) is 6.92 Å². The Morgan fingerprint density at radius 2 is 0.938 bits per heavy atom. The summed E-state index contributed by atoms with van der Waals surface area (Å²) >= 11 is 0. The molecular formula is C24H34O8. The second-order valence-electron chi connectivity index (χ2n) is 6.94. The Hall–Kier alpha value is -2.90. The quantitative estimate of drug-likeness (QED) is 0.262. The van der Waals surface area contributed by atoms with Crippen molar-refractivity contribution in [1.82, 2.24) is 0 Å². The van der Waals surface area contributed by atoms with Crippen molar-refractivity contribution in [2.24, 2.45) is 0 Å². The zero-order valence-electron chi connectivity index (χ0n) is 19.9. The number of unbranched alkanes of at least 4 members (excludes halogenated alkanes) is 2. The molecule has 0 radical (unpaired) electrons. The topological polar surface area (TPSA) is 105 Å².